The van der Waals surface area contributed by atoms with Crippen LogP contribution in [0.1, 0.15) is 20.7 Å². The number of carboxylic acid groups (broad SMARTS) is 2. The van der Waals surface area contributed by atoms with Gasteiger partial charge in [0.05, 0.1) is 11.1 Å². The molecule has 1 rings (SSSR count). The maximum absolute atomic E-state index is 11.0. The van der Waals surface area contributed by atoms with Gasteiger partial charge in [0.15, 0.2) is 0 Å². The molecule has 18 heavy (non-hydrogen) atoms. The molecule has 0 amide bonds. The Morgan fingerprint density at radius 3 is 1.06 bits per heavy atom. The standard InChI is InChI=1S/C8H2Br4O4.2K.2H/c9-3-1(7(13)14)2(8(15)16)4(10)6(12)5(3)11;;;;/h(H,13,14)(H,15,16);;;;. The van der Waals surface area contributed by atoms with E-state index in [1.54, 1.807) is 0 Å². The van der Waals surface area contributed by atoms with Crippen molar-refractivity contribution < 1.29 is 19.8 Å². The summed E-state index contributed by atoms with van der Waals surface area (Å²) in [6.07, 6.45) is 0. The van der Waals surface area contributed by atoms with Crippen LogP contribution in [0.5, 0.6) is 0 Å². The van der Waals surface area contributed by atoms with Crippen molar-refractivity contribution in [3.63, 3.8) is 0 Å². The number of rotatable bonds is 2. The van der Waals surface area contributed by atoms with Gasteiger partial charge < -0.3 is 10.2 Å². The Balaban J connectivity index is 0. The van der Waals surface area contributed by atoms with Crippen LogP contribution < -0.4 is 0 Å². The third-order valence-electron chi connectivity index (χ3n) is 1.69. The molecule has 0 saturated carbocycles. The first-order chi connectivity index (χ1) is 7.29. The van der Waals surface area contributed by atoms with E-state index >= 15 is 0 Å². The zero-order chi connectivity index (χ0) is 12.6. The number of halogens is 4. The topological polar surface area (TPSA) is 74.6 Å². The van der Waals surface area contributed by atoms with E-state index in [2.05, 4.69) is 63.7 Å². The molecule has 1 aromatic carbocycles. The van der Waals surface area contributed by atoms with Crippen molar-refractivity contribution in [1.29, 1.82) is 0 Å². The van der Waals surface area contributed by atoms with E-state index in [1.807, 2.05) is 0 Å². The molecule has 0 saturated heterocycles. The van der Waals surface area contributed by atoms with Crippen LogP contribution in [0, 0.1) is 0 Å². The van der Waals surface area contributed by atoms with Gasteiger partial charge in [0.1, 0.15) is 0 Å². The number of carbonyl (C=O) groups is 2. The van der Waals surface area contributed by atoms with Crippen LogP contribution in [0.2, 0.25) is 0 Å². The normalized spacial score (nSPS) is 9.11. The first kappa shape index (κ1) is 23.6. The molecule has 0 fully saturated rings. The Bertz CT molecular complexity index is 462. The SMILES string of the molecule is O=C(O)c1c(Br)c(Br)c(Br)c(Br)c1C(=O)O.[KH].[KH]. The van der Waals surface area contributed by atoms with E-state index in [1.165, 1.54) is 0 Å². The molecule has 0 bridgehead atoms. The summed E-state index contributed by atoms with van der Waals surface area (Å²) in [7, 11) is 0. The molecule has 4 nitrogen and oxygen atoms in total. The second kappa shape index (κ2) is 10.2. The molecule has 0 unspecified atom stereocenters. The molecule has 90 valence electrons. The van der Waals surface area contributed by atoms with Gasteiger partial charge in [0.2, 0.25) is 0 Å². The molecule has 10 heteroatoms. The van der Waals surface area contributed by atoms with Gasteiger partial charge in [-0.05, 0) is 63.7 Å². The van der Waals surface area contributed by atoms with Gasteiger partial charge in [-0.15, -0.1) is 0 Å². The quantitative estimate of drug-likeness (QED) is 0.331. The van der Waals surface area contributed by atoms with Crippen LogP contribution in [0.15, 0.2) is 17.9 Å². The average molecular weight is 562 g/mol. The molecular formula is C8H4Br4K2O4. The molecule has 0 radical (unpaired) electrons. The molecular weight excluding hydrogens is 558 g/mol. The molecule has 1 aromatic rings. The number of hydrogen-bond acceptors (Lipinski definition) is 2. The summed E-state index contributed by atoms with van der Waals surface area (Å²) in [5.41, 5.74) is -0.621. The van der Waals surface area contributed by atoms with E-state index < -0.39 is 11.9 Å². The van der Waals surface area contributed by atoms with Gasteiger partial charge in [-0.2, -0.15) is 0 Å². The molecule has 0 spiro atoms. The molecule has 0 aromatic heterocycles. The summed E-state index contributed by atoms with van der Waals surface area (Å²) in [5.74, 6) is -2.64. The third kappa shape index (κ3) is 5.22. The average Bonchev–Trinajstić information content (AvgIpc) is 2.18. The second-order valence-electron chi connectivity index (χ2n) is 2.62. The van der Waals surface area contributed by atoms with E-state index in [4.69, 9.17) is 10.2 Å². The third-order valence-corrected chi connectivity index (χ3v) is 6.46. The Morgan fingerprint density at radius 2 is 0.889 bits per heavy atom. The summed E-state index contributed by atoms with van der Waals surface area (Å²) in [6.45, 7) is 0. The van der Waals surface area contributed by atoms with Gasteiger partial charge in [0.25, 0.3) is 0 Å². The fraction of sp³-hybridized carbons (Fsp3) is 0. The van der Waals surface area contributed by atoms with Crippen molar-refractivity contribution in [3.05, 3.63) is 29.0 Å². The first-order valence-electron chi connectivity index (χ1n) is 3.61. The Labute approximate surface area is 221 Å². The predicted molar refractivity (Wildman–Crippen MR) is 85.5 cm³/mol. The second-order valence-corrected chi connectivity index (χ2v) is 5.79. The summed E-state index contributed by atoms with van der Waals surface area (Å²) in [4.78, 5) is 22.0. The van der Waals surface area contributed by atoms with Crippen LogP contribution >= 0.6 is 63.7 Å². The molecule has 0 heterocycles. The predicted octanol–water partition coefficient (Wildman–Crippen LogP) is 2.84. The van der Waals surface area contributed by atoms with Crippen molar-refractivity contribution >= 4 is 178 Å². The Morgan fingerprint density at radius 1 is 0.667 bits per heavy atom. The van der Waals surface area contributed by atoms with Crippen molar-refractivity contribution in [3.8, 4) is 0 Å². The fourth-order valence-corrected chi connectivity index (χ4v) is 3.49. The maximum atomic E-state index is 11.0. The molecule has 0 aliphatic carbocycles. The van der Waals surface area contributed by atoms with Gasteiger partial charge in [-0.1, -0.05) is 0 Å². The minimum absolute atomic E-state index is 0. The van der Waals surface area contributed by atoms with Gasteiger partial charge in [-0.25, -0.2) is 9.59 Å². The van der Waals surface area contributed by atoms with Crippen LogP contribution in [0.3, 0.4) is 0 Å². The van der Waals surface area contributed by atoms with Crippen LogP contribution in [0.4, 0.5) is 0 Å². The van der Waals surface area contributed by atoms with Gasteiger partial charge >= 0.3 is 115 Å². The molecule has 0 atom stereocenters. The summed E-state index contributed by atoms with van der Waals surface area (Å²) in [6, 6.07) is 0. The van der Waals surface area contributed by atoms with Gasteiger partial charge in [-0.3, -0.25) is 0 Å². The Kier molecular flexibility index (Phi) is 13.4. The number of hydrogen-bond donors (Lipinski definition) is 2. The van der Waals surface area contributed by atoms with Crippen molar-refractivity contribution in [2.45, 2.75) is 0 Å². The summed E-state index contributed by atoms with van der Waals surface area (Å²) < 4.78 is 1.21. The zero-order valence-electron chi connectivity index (χ0n) is 7.22. The fourth-order valence-electron chi connectivity index (χ4n) is 1.03. The Hall–Kier alpha value is 3.35. The molecule has 2 N–H and O–H groups in total. The number of aromatic carboxylic acids is 2. The summed E-state index contributed by atoms with van der Waals surface area (Å²) in [5, 5.41) is 18.0. The number of benzene rings is 1. The zero-order valence-corrected chi connectivity index (χ0v) is 13.6. The van der Waals surface area contributed by atoms with E-state index in [-0.39, 0.29) is 123 Å². The molecule has 0 aliphatic heterocycles. The van der Waals surface area contributed by atoms with E-state index in [9.17, 15) is 9.59 Å². The van der Waals surface area contributed by atoms with Crippen LogP contribution in [-0.4, -0.2) is 125 Å². The van der Waals surface area contributed by atoms with Crippen LogP contribution in [-0.2, 0) is 0 Å². The minimum atomic E-state index is -1.32. The van der Waals surface area contributed by atoms with Crippen molar-refractivity contribution in [1.82, 2.24) is 0 Å². The number of carboxylic acids is 2. The molecule has 0 aliphatic rings. The van der Waals surface area contributed by atoms with Crippen molar-refractivity contribution in [2.75, 3.05) is 0 Å². The summed E-state index contributed by atoms with van der Waals surface area (Å²) >= 11 is 12.4. The van der Waals surface area contributed by atoms with Crippen molar-refractivity contribution in [2.24, 2.45) is 0 Å². The van der Waals surface area contributed by atoms with Gasteiger partial charge in [0, 0.05) is 17.9 Å². The van der Waals surface area contributed by atoms with Crippen LogP contribution in [0.25, 0.3) is 0 Å². The first-order valence-corrected chi connectivity index (χ1v) is 6.78. The van der Waals surface area contributed by atoms with E-state index in [0.717, 1.165) is 0 Å². The van der Waals surface area contributed by atoms with E-state index in [0.29, 0.717) is 8.95 Å². The monoisotopic (exact) mass is 558 g/mol.